The summed E-state index contributed by atoms with van der Waals surface area (Å²) in [7, 11) is 0. The first-order valence-corrected chi connectivity index (χ1v) is 9.49. The van der Waals surface area contributed by atoms with E-state index in [0.717, 1.165) is 28.5 Å². The van der Waals surface area contributed by atoms with E-state index in [4.69, 9.17) is 0 Å². The molecule has 29 heavy (non-hydrogen) atoms. The molecule has 0 atom stereocenters. The third-order valence-corrected chi connectivity index (χ3v) is 4.59. The van der Waals surface area contributed by atoms with Crippen molar-refractivity contribution < 1.29 is 4.79 Å². The van der Waals surface area contributed by atoms with Gasteiger partial charge in [0.25, 0.3) is 5.91 Å². The number of hydrogen-bond donors (Lipinski definition) is 2. The van der Waals surface area contributed by atoms with Crippen LogP contribution in [-0.4, -0.2) is 37.4 Å². The molecule has 0 saturated carbocycles. The number of aromatic amines is 1. The van der Waals surface area contributed by atoms with E-state index in [2.05, 4.69) is 25.6 Å². The highest BCUT2D eigenvalue weighted by Gasteiger charge is 2.09. The number of H-pyrrole nitrogens is 1. The summed E-state index contributed by atoms with van der Waals surface area (Å²) in [5.41, 5.74) is 4.52. The van der Waals surface area contributed by atoms with Crippen molar-refractivity contribution in [2.24, 2.45) is 0 Å². The van der Waals surface area contributed by atoms with Gasteiger partial charge in [-0.05, 0) is 44.2 Å². The van der Waals surface area contributed by atoms with Crippen molar-refractivity contribution in [3.63, 3.8) is 0 Å². The molecule has 2 aromatic carbocycles. The molecule has 7 heteroatoms. The fraction of sp³-hybridized carbons (Fsp3) is 0.182. The molecule has 0 spiro atoms. The Morgan fingerprint density at radius 3 is 2.52 bits per heavy atom. The molecular weight excluding hydrogens is 364 g/mol. The lowest BCUT2D eigenvalue weighted by Crippen LogP contribution is -2.26. The SMILES string of the molecule is Cc1cc(C)n(-c2ccc(C(=O)NCCc3nc(-c4ccccc4)n[nH]3)cc2)n1. The highest BCUT2D eigenvalue weighted by atomic mass is 16.1. The number of amides is 1. The van der Waals surface area contributed by atoms with Gasteiger partial charge in [-0.25, -0.2) is 9.67 Å². The Balaban J connectivity index is 1.33. The summed E-state index contributed by atoms with van der Waals surface area (Å²) in [6, 6.07) is 19.2. The standard InChI is InChI=1S/C22H22N6O/c1-15-14-16(2)28(27-15)19-10-8-18(9-11-19)22(29)23-13-12-20-24-21(26-25-20)17-6-4-3-5-7-17/h3-11,14H,12-13H2,1-2H3,(H,23,29)(H,24,25,26). The van der Waals surface area contributed by atoms with E-state index in [9.17, 15) is 4.79 Å². The lowest BCUT2D eigenvalue weighted by Gasteiger charge is -2.07. The maximum absolute atomic E-state index is 12.4. The third-order valence-electron chi connectivity index (χ3n) is 4.59. The van der Waals surface area contributed by atoms with E-state index < -0.39 is 0 Å². The van der Waals surface area contributed by atoms with Gasteiger partial charge in [0.05, 0.1) is 11.4 Å². The second-order valence-corrected chi connectivity index (χ2v) is 6.86. The van der Waals surface area contributed by atoms with Gasteiger partial charge in [0.15, 0.2) is 5.82 Å². The van der Waals surface area contributed by atoms with Gasteiger partial charge in [-0.2, -0.15) is 10.2 Å². The Morgan fingerprint density at radius 2 is 1.83 bits per heavy atom. The molecule has 2 aromatic heterocycles. The Hall–Kier alpha value is -3.74. The maximum Gasteiger partial charge on any atom is 0.251 e. The molecule has 0 radical (unpaired) electrons. The minimum Gasteiger partial charge on any atom is -0.352 e. The molecule has 0 aliphatic heterocycles. The highest BCUT2D eigenvalue weighted by Crippen LogP contribution is 2.14. The Morgan fingerprint density at radius 1 is 1.07 bits per heavy atom. The van der Waals surface area contributed by atoms with E-state index in [1.807, 2.05) is 79.2 Å². The minimum absolute atomic E-state index is 0.118. The molecule has 0 bridgehead atoms. The number of nitrogens with one attached hydrogen (secondary N) is 2. The van der Waals surface area contributed by atoms with Crippen LogP contribution in [-0.2, 0) is 6.42 Å². The molecule has 7 nitrogen and oxygen atoms in total. The van der Waals surface area contributed by atoms with Crippen molar-refractivity contribution >= 4 is 5.91 Å². The van der Waals surface area contributed by atoms with Crippen LogP contribution in [0.5, 0.6) is 0 Å². The van der Waals surface area contributed by atoms with Gasteiger partial charge in [0.2, 0.25) is 0 Å². The quantitative estimate of drug-likeness (QED) is 0.532. The molecule has 2 heterocycles. The number of carbonyl (C=O) groups excluding carboxylic acids is 1. The van der Waals surface area contributed by atoms with Crippen molar-refractivity contribution in [1.29, 1.82) is 0 Å². The van der Waals surface area contributed by atoms with Gasteiger partial charge in [-0.1, -0.05) is 30.3 Å². The molecule has 0 unspecified atom stereocenters. The predicted octanol–water partition coefficient (Wildman–Crippen LogP) is 3.25. The van der Waals surface area contributed by atoms with Crippen LogP contribution in [0.3, 0.4) is 0 Å². The van der Waals surface area contributed by atoms with Crippen LogP contribution < -0.4 is 5.32 Å². The average molecular weight is 386 g/mol. The molecule has 1 amide bonds. The molecular formula is C22H22N6O. The largest absolute Gasteiger partial charge is 0.352 e. The first-order valence-electron chi connectivity index (χ1n) is 9.49. The molecule has 0 fully saturated rings. The predicted molar refractivity (Wildman–Crippen MR) is 111 cm³/mol. The first-order chi connectivity index (χ1) is 14.1. The van der Waals surface area contributed by atoms with Gasteiger partial charge in [0, 0.05) is 29.8 Å². The summed E-state index contributed by atoms with van der Waals surface area (Å²) < 4.78 is 1.87. The summed E-state index contributed by atoms with van der Waals surface area (Å²) in [5.74, 6) is 1.28. The van der Waals surface area contributed by atoms with Gasteiger partial charge < -0.3 is 5.32 Å². The van der Waals surface area contributed by atoms with Crippen LogP contribution in [0.25, 0.3) is 17.1 Å². The zero-order valence-electron chi connectivity index (χ0n) is 16.4. The second-order valence-electron chi connectivity index (χ2n) is 6.86. The fourth-order valence-electron chi connectivity index (χ4n) is 3.16. The van der Waals surface area contributed by atoms with Crippen LogP contribution >= 0.6 is 0 Å². The molecule has 0 aliphatic carbocycles. The lowest BCUT2D eigenvalue weighted by atomic mass is 10.2. The minimum atomic E-state index is -0.118. The summed E-state index contributed by atoms with van der Waals surface area (Å²) in [5, 5.41) is 14.5. The first kappa shape index (κ1) is 18.6. The van der Waals surface area contributed by atoms with Crippen LogP contribution in [0.4, 0.5) is 0 Å². The van der Waals surface area contributed by atoms with Gasteiger partial charge in [0.1, 0.15) is 5.82 Å². The summed E-state index contributed by atoms with van der Waals surface area (Å²) in [6.45, 7) is 4.44. The van der Waals surface area contributed by atoms with Crippen LogP contribution in [0.1, 0.15) is 27.6 Å². The third kappa shape index (κ3) is 4.24. The van der Waals surface area contributed by atoms with Gasteiger partial charge >= 0.3 is 0 Å². The van der Waals surface area contributed by atoms with Crippen molar-refractivity contribution in [2.45, 2.75) is 20.3 Å². The smallest absolute Gasteiger partial charge is 0.251 e. The summed E-state index contributed by atoms with van der Waals surface area (Å²) >= 11 is 0. The monoisotopic (exact) mass is 386 g/mol. The average Bonchev–Trinajstić information content (AvgIpc) is 3.35. The van der Waals surface area contributed by atoms with Crippen LogP contribution in [0.15, 0.2) is 60.7 Å². The summed E-state index contributed by atoms with van der Waals surface area (Å²) in [6.07, 6.45) is 0.579. The molecule has 2 N–H and O–H groups in total. The van der Waals surface area contributed by atoms with Crippen molar-refractivity contribution in [3.8, 4) is 17.1 Å². The Bertz CT molecular complexity index is 1110. The van der Waals surface area contributed by atoms with Crippen molar-refractivity contribution in [2.75, 3.05) is 6.54 Å². The zero-order chi connectivity index (χ0) is 20.2. The van der Waals surface area contributed by atoms with Gasteiger partial charge in [-0.15, -0.1) is 0 Å². The highest BCUT2D eigenvalue weighted by molar-refractivity contribution is 5.94. The number of aryl methyl sites for hydroxylation is 2. The lowest BCUT2D eigenvalue weighted by molar-refractivity contribution is 0.0954. The van der Waals surface area contributed by atoms with E-state index in [1.54, 1.807) is 0 Å². The number of rotatable bonds is 6. The molecule has 0 saturated heterocycles. The Kier molecular flexibility index (Phi) is 5.20. The zero-order valence-corrected chi connectivity index (χ0v) is 16.4. The number of aromatic nitrogens is 5. The number of hydrogen-bond acceptors (Lipinski definition) is 4. The van der Waals surface area contributed by atoms with E-state index >= 15 is 0 Å². The Labute approximate surface area is 168 Å². The molecule has 146 valence electrons. The van der Waals surface area contributed by atoms with E-state index in [-0.39, 0.29) is 5.91 Å². The molecule has 4 aromatic rings. The summed E-state index contributed by atoms with van der Waals surface area (Å²) in [4.78, 5) is 16.9. The topological polar surface area (TPSA) is 88.5 Å². The second kappa shape index (κ2) is 8.10. The fourth-order valence-corrected chi connectivity index (χ4v) is 3.16. The van der Waals surface area contributed by atoms with Crippen molar-refractivity contribution in [1.82, 2.24) is 30.3 Å². The van der Waals surface area contributed by atoms with Crippen LogP contribution in [0, 0.1) is 13.8 Å². The molecule has 0 aliphatic rings. The van der Waals surface area contributed by atoms with E-state index in [1.165, 1.54) is 0 Å². The van der Waals surface area contributed by atoms with Crippen LogP contribution in [0.2, 0.25) is 0 Å². The van der Waals surface area contributed by atoms with Crippen molar-refractivity contribution in [3.05, 3.63) is 83.4 Å². The number of carbonyl (C=O) groups is 1. The molecule has 4 rings (SSSR count). The van der Waals surface area contributed by atoms with Gasteiger partial charge in [-0.3, -0.25) is 9.89 Å². The number of benzene rings is 2. The van der Waals surface area contributed by atoms with E-state index in [0.29, 0.717) is 24.4 Å². The number of nitrogens with zero attached hydrogens (tertiary/aromatic N) is 4. The maximum atomic E-state index is 12.4. The normalized spacial score (nSPS) is 10.8.